The van der Waals surface area contributed by atoms with Crippen LogP contribution >= 0.6 is 0 Å². The molecular formula is C22H17N7O3. The summed E-state index contributed by atoms with van der Waals surface area (Å²) in [5.74, 6) is -0.660. The number of nitriles is 1. The van der Waals surface area contributed by atoms with E-state index < -0.39 is 18.3 Å². The van der Waals surface area contributed by atoms with Gasteiger partial charge in [0.2, 0.25) is 0 Å². The Kier molecular flexibility index (Phi) is 5.72. The van der Waals surface area contributed by atoms with Gasteiger partial charge in [0.25, 0.3) is 0 Å². The number of aliphatic hydroxyl groups is 1. The number of tetrazole rings is 1. The normalized spacial score (nSPS) is 12.3. The fraction of sp³-hybridized carbons (Fsp3) is 0.0909. The highest BCUT2D eigenvalue weighted by atomic mass is 16.5. The number of aryl methyl sites for hydroxylation is 1. The van der Waals surface area contributed by atoms with Crippen molar-refractivity contribution in [2.45, 2.75) is 6.92 Å². The monoisotopic (exact) mass is 427 g/mol. The molecule has 0 unspecified atom stereocenters. The van der Waals surface area contributed by atoms with Crippen molar-refractivity contribution in [2.24, 2.45) is 0 Å². The van der Waals surface area contributed by atoms with Gasteiger partial charge in [0.15, 0.2) is 23.1 Å². The molecule has 0 amide bonds. The number of carbonyl (C=O) groups excluding carboxylic acids is 1. The Morgan fingerprint density at radius 3 is 2.66 bits per heavy atom. The van der Waals surface area contributed by atoms with Crippen LogP contribution in [0.2, 0.25) is 0 Å². The van der Waals surface area contributed by atoms with Crippen LogP contribution in [-0.4, -0.2) is 47.9 Å². The molecule has 4 aromatic rings. The Bertz CT molecular complexity index is 1340. The van der Waals surface area contributed by atoms with Crippen molar-refractivity contribution in [1.29, 1.82) is 5.26 Å². The molecule has 0 spiro atoms. The molecule has 158 valence electrons. The molecule has 10 nitrogen and oxygen atoms in total. The van der Waals surface area contributed by atoms with Gasteiger partial charge in [0.1, 0.15) is 18.2 Å². The number of aromatic amines is 1. The first kappa shape index (κ1) is 20.5. The zero-order chi connectivity index (χ0) is 22.5. The molecule has 2 aromatic heterocycles. The topological polar surface area (TPSA) is 143 Å². The number of carbonyl (C=O) groups is 1. The second-order valence-electron chi connectivity index (χ2n) is 6.69. The standard InChI is InChI=1S/C22H17N7O3/c1-14-26-27-28-29(14)19(11-15-7-3-2-4-8-15)22(31)32-13-20(30)16(12-23)21-24-17-9-5-6-10-18(17)25-21/h2-11,30H,13H2,1H3,(H,24,25)/b19-11+,20-16?. The van der Waals surface area contributed by atoms with Gasteiger partial charge in [-0.25, -0.2) is 9.78 Å². The van der Waals surface area contributed by atoms with Crippen molar-refractivity contribution in [3.63, 3.8) is 0 Å². The summed E-state index contributed by atoms with van der Waals surface area (Å²) >= 11 is 0. The molecule has 0 atom stereocenters. The van der Waals surface area contributed by atoms with Crippen LogP contribution in [0.25, 0.3) is 28.4 Å². The highest BCUT2D eigenvalue weighted by Gasteiger charge is 2.20. The highest BCUT2D eigenvalue weighted by molar-refractivity contribution is 6.15. The lowest BCUT2D eigenvalue weighted by atomic mass is 10.2. The Balaban J connectivity index is 1.60. The van der Waals surface area contributed by atoms with Crippen molar-refractivity contribution >= 4 is 34.3 Å². The number of benzene rings is 2. The number of H-pyrrole nitrogens is 1. The number of allylic oxidation sites excluding steroid dienone is 1. The van der Waals surface area contributed by atoms with E-state index in [0.717, 1.165) is 5.56 Å². The maximum Gasteiger partial charge on any atom is 0.357 e. The number of fused-ring (bicyclic) bond motifs is 1. The van der Waals surface area contributed by atoms with Gasteiger partial charge in [-0.05, 0) is 41.1 Å². The van der Waals surface area contributed by atoms with E-state index in [1.54, 1.807) is 37.3 Å². The predicted molar refractivity (Wildman–Crippen MR) is 115 cm³/mol. The zero-order valence-electron chi connectivity index (χ0n) is 16.9. The fourth-order valence-corrected chi connectivity index (χ4v) is 2.97. The van der Waals surface area contributed by atoms with Crippen LogP contribution in [-0.2, 0) is 9.53 Å². The molecule has 0 radical (unpaired) electrons. The number of hydrogen-bond acceptors (Lipinski definition) is 8. The summed E-state index contributed by atoms with van der Waals surface area (Å²) in [5, 5.41) is 31.2. The third-order valence-electron chi connectivity index (χ3n) is 4.53. The minimum Gasteiger partial charge on any atom is -0.507 e. The van der Waals surface area contributed by atoms with E-state index in [1.165, 1.54) is 4.68 Å². The average Bonchev–Trinajstić information content (AvgIpc) is 3.43. The maximum absolute atomic E-state index is 12.8. The number of imidazole rings is 1. The Hall–Kier alpha value is -4.78. The highest BCUT2D eigenvalue weighted by Crippen LogP contribution is 2.20. The first-order valence-electron chi connectivity index (χ1n) is 9.53. The number of aromatic nitrogens is 6. The van der Waals surface area contributed by atoms with Crippen molar-refractivity contribution < 1.29 is 14.6 Å². The van der Waals surface area contributed by atoms with Gasteiger partial charge in [-0.15, -0.1) is 5.10 Å². The maximum atomic E-state index is 12.8. The quantitative estimate of drug-likeness (QED) is 0.207. The van der Waals surface area contributed by atoms with Crippen molar-refractivity contribution in [1.82, 2.24) is 30.2 Å². The Labute approximate surface area is 182 Å². The van der Waals surface area contributed by atoms with Crippen LogP contribution < -0.4 is 0 Å². The lowest BCUT2D eigenvalue weighted by Crippen LogP contribution is -2.16. The van der Waals surface area contributed by atoms with Crippen LogP contribution in [0.1, 0.15) is 17.2 Å². The van der Waals surface area contributed by atoms with Gasteiger partial charge in [0, 0.05) is 0 Å². The van der Waals surface area contributed by atoms with Crippen molar-refractivity contribution in [2.75, 3.05) is 6.61 Å². The molecule has 4 rings (SSSR count). The van der Waals surface area contributed by atoms with Gasteiger partial charge in [-0.1, -0.05) is 42.5 Å². The van der Waals surface area contributed by atoms with E-state index in [-0.39, 0.29) is 17.1 Å². The predicted octanol–water partition coefficient (Wildman–Crippen LogP) is 2.89. The molecule has 0 saturated carbocycles. The van der Waals surface area contributed by atoms with Gasteiger partial charge < -0.3 is 14.8 Å². The lowest BCUT2D eigenvalue weighted by Gasteiger charge is -2.09. The van der Waals surface area contributed by atoms with Crippen LogP contribution in [0.5, 0.6) is 0 Å². The van der Waals surface area contributed by atoms with E-state index >= 15 is 0 Å². The summed E-state index contributed by atoms with van der Waals surface area (Å²) in [5.41, 5.74) is 2.01. The molecule has 2 aromatic carbocycles. The third kappa shape index (κ3) is 4.22. The van der Waals surface area contributed by atoms with E-state index in [0.29, 0.717) is 16.9 Å². The molecule has 10 heteroatoms. The van der Waals surface area contributed by atoms with Gasteiger partial charge in [-0.2, -0.15) is 9.94 Å². The number of aliphatic hydroxyl groups excluding tert-OH is 1. The van der Waals surface area contributed by atoms with E-state index in [2.05, 4.69) is 25.5 Å². The second-order valence-corrected chi connectivity index (χ2v) is 6.69. The summed E-state index contributed by atoms with van der Waals surface area (Å²) in [7, 11) is 0. The molecule has 0 aliphatic carbocycles. The molecule has 0 saturated heterocycles. The molecule has 0 aliphatic heterocycles. The Morgan fingerprint density at radius 1 is 1.22 bits per heavy atom. The molecular weight excluding hydrogens is 410 g/mol. The molecule has 2 N–H and O–H groups in total. The summed E-state index contributed by atoms with van der Waals surface area (Å²) < 4.78 is 6.51. The average molecular weight is 427 g/mol. The summed E-state index contributed by atoms with van der Waals surface area (Å²) in [6, 6.07) is 18.2. The zero-order valence-corrected chi connectivity index (χ0v) is 16.9. The smallest absolute Gasteiger partial charge is 0.357 e. The summed E-state index contributed by atoms with van der Waals surface area (Å²) in [6.45, 7) is 1.10. The minimum absolute atomic E-state index is 0.0498. The molecule has 0 aliphatic rings. The van der Waals surface area contributed by atoms with Crippen LogP contribution in [0.15, 0.2) is 60.4 Å². The fourth-order valence-electron chi connectivity index (χ4n) is 2.97. The number of hydrogen-bond donors (Lipinski definition) is 2. The van der Waals surface area contributed by atoms with E-state index in [9.17, 15) is 15.2 Å². The first-order chi connectivity index (χ1) is 15.6. The number of ether oxygens (including phenoxy) is 1. The number of rotatable bonds is 6. The van der Waals surface area contributed by atoms with Crippen molar-refractivity contribution in [3.8, 4) is 6.07 Å². The number of esters is 1. The molecule has 0 bridgehead atoms. The summed E-state index contributed by atoms with van der Waals surface area (Å²) in [6.07, 6.45) is 1.57. The third-order valence-corrected chi connectivity index (χ3v) is 4.53. The molecule has 2 heterocycles. The van der Waals surface area contributed by atoms with Crippen LogP contribution in [0.4, 0.5) is 0 Å². The van der Waals surface area contributed by atoms with Gasteiger partial charge >= 0.3 is 5.97 Å². The van der Waals surface area contributed by atoms with Crippen LogP contribution in [0, 0.1) is 18.3 Å². The number of para-hydroxylation sites is 2. The SMILES string of the molecule is Cc1nnnn1/C(=C/c1ccccc1)C(=O)OCC(O)=C(C#N)c1nc2ccccc2[nH]1. The van der Waals surface area contributed by atoms with Gasteiger partial charge in [-0.3, -0.25) is 0 Å². The minimum atomic E-state index is -0.780. The van der Waals surface area contributed by atoms with Crippen molar-refractivity contribution in [3.05, 3.63) is 77.6 Å². The largest absolute Gasteiger partial charge is 0.507 e. The molecule has 0 fully saturated rings. The first-order valence-corrected chi connectivity index (χ1v) is 9.53. The van der Waals surface area contributed by atoms with Crippen LogP contribution in [0.3, 0.4) is 0 Å². The number of nitrogens with one attached hydrogen (secondary N) is 1. The second kappa shape index (κ2) is 8.93. The van der Waals surface area contributed by atoms with E-state index in [1.807, 2.05) is 36.4 Å². The van der Waals surface area contributed by atoms with E-state index in [4.69, 9.17) is 4.74 Å². The molecule has 32 heavy (non-hydrogen) atoms. The lowest BCUT2D eigenvalue weighted by molar-refractivity contribution is -0.136. The Morgan fingerprint density at radius 2 is 1.97 bits per heavy atom. The number of nitrogens with zero attached hydrogens (tertiary/aromatic N) is 6. The van der Waals surface area contributed by atoms with Gasteiger partial charge in [0.05, 0.1) is 11.0 Å². The summed E-state index contributed by atoms with van der Waals surface area (Å²) in [4.78, 5) is 20.1.